The zero-order valence-corrected chi connectivity index (χ0v) is 12.0. The Morgan fingerprint density at radius 3 is 3.11 bits per heavy atom. The van der Waals surface area contributed by atoms with Crippen LogP contribution in [-0.4, -0.2) is 36.5 Å². The molecule has 1 fully saturated rings. The second-order valence-electron chi connectivity index (χ2n) is 5.33. The Kier molecular flexibility index (Phi) is 4.78. The number of nitrogens with zero attached hydrogens (tertiary/aromatic N) is 1. The van der Waals surface area contributed by atoms with Crippen LogP contribution in [0.4, 0.5) is 0 Å². The number of hydrogen-bond acceptors (Lipinski definition) is 3. The molecule has 2 heterocycles. The Balaban J connectivity index is 1.97. The molecular formula is C14H22N2OS. The van der Waals surface area contributed by atoms with Crippen molar-refractivity contribution < 1.29 is 4.79 Å². The summed E-state index contributed by atoms with van der Waals surface area (Å²) in [5, 5.41) is 5.43. The molecule has 1 aromatic rings. The first-order valence-corrected chi connectivity index (χ1v) is 7.57. The van der Waals surface area contributed by atoms with Gasteiger partial charge in [-0.1, -0.05) is 19.9 Å². The van der Waals surface area contributed by atoms with Gasteiger partial charge in [0.15, 0.2) is 0 Å². The third-order valence-corrected chi connectivity index (χ3v) is 4.20. The van der Waals surface area contributed by atoms with Crippen LogP contribution >= 0.6 is 11.3 Å². The van der Waals surface area contributed by atoms with Crippen LogP contribution in [0.2, 0.25) is 0 Å². The zero-order chi connectivity index (χ0) is 13.0. The molecule has 2 rings (SSSR count). The molecule has 0 radical (unpaired) electrons. The average Bonchev–Trinajstić information content (AvgIpc) is 2.81. The fraction of sp³-hybridized carbons (Fsp3) is 0.643. The minimum absolute atomic E-state index is 0.282. The lowest BCUT2D eigenvalue weighted by molar-refractivity contribution is -0.133. The number of piperazine rings is 1. The van der Waals surface area contributed by atoms with E-state index in [2.05, 4.69) is 24.1 Å². The first kappa shape index (κ1) is 13.6. The van der Waals surface area contributed by atoms with Gasteiger partial charge in [-0.25, -0.2) is 0 Å². The zero-order valence-electron chi connectivity index (χ0n) is 11.2. The molecule has 3 nitrogen and oxygen atoms in total. The van der Waals surface area contributed by atoms with Gasteiger partial charge in [0, 0.05) is 30.6 Å². The molecule has 18 heavy (non-hydrogen) atoms. The molecular weight excluding hydrogens is 244 g/mol. The molecule has 0 aliphatic carbocycles. The Labute approximate surface area is 113 Å². The first-order chi connectivity index (χ1) is 8.66. The minimum Gasteiger partial charge on any atom is -0.337 e. The minimum atomic E-state index is 0.282. The lowest BCUT2D eigenvalue weighted by Gasteiger charge is -2.37. The van der Waals surface area contributed by atoms with Gasteiger partial charge in [0.05, 0.1) is 6.42 Å². The Hall–Kier alpha value is -0.870. The van der Waals surface area contributed by atoms with E-state index >= 15 is 0 Å². The molecule has 0 bridgehead atoms. The maximum absolute atomic E-state index is 12.4. The summed E-state index contributed by atoms with van der Waals surface area (Å²) in [5.41, 5.74) is 0. The number of nitrogens with one attached hydrogen (secondary N) is 1. The van der Waals surface area contributed by atoms with Crippen molar-refractivity contribution in [3.63, 3.8) is 0 Å². The van der Waals surface area contributed by atoms with Gasteiger partial charge in [0.1, 0.15) is 0 Å². The number of carbonyl (C=O) groups is 1. The van der Waals surface area contributed by atoms with Gasteiger partial charge in [-0.3, -0.25) is 4.79 Å². The summed E-state index contributed by atoms with van der Waals surface area (Å²) in [6.07, 6.45) is 1.65. The van der Waals surface area contributed by atoms with Crippen molar-refractivity contribution in [2.24, 2.45) is 5.92 Å². The number of rotatable bonds is 4. The van der Waals surface area contributed by atoms with Gasteiger partial charge < -0.3 is 10.2 Å². The van der Waals surface area contributed by atoms with Crippen LogP contribution in [0.5, 0.6) is 0 Å². The number of amides is 1. The van der Waals surface area contributed by atoms with E-state index < -0.39 is 0 Å². The fourth-order valence-electron chi connectivity index (χ4n) is 2.51. The smallest absolute Gasteiger partial charge is 0.228 e. The summed E-state index contributed by atoms with van der Waals surface area (Å²) >= 11 is 1.67. The quantitative estimate of drug-likeness (QED) is 0.905. The molecule has 4 heteroatoms. The number of carbonyl (C=O) groups excluding carboxylic acids is 1. The molecule has 0 saturated carbocycles. The third kappa shape index (κ3) is 3.56. The summed E-state index contributed by atoms with van der Waals surface area (Å²) in [6.45, 7) is 7.15. The van der Waals surface area contributed by atoms with Crippen LogP contribution in [0.3, 0.4) is 0 Å². The van der Waals surface area contributed by atoms with E-state index in [-0.39, 0.29) is 5.91 Å². The predicted octanol–water partition coefficient (Wildman–Crippen LogP) is 2.14. The Morgan fingerprint density at radius 1 is 1.61 bits per heavy atom. The van der Waals surface area contributed by atoms with E-state index in [0.717, 1.165) is 26.1 Å². The first-order valence-electron chi connectivity index (χ1n) is 6.69. The molecule has 1 N–H and O–H groups in total. The molecule has 0 spiro atoms. The van der Waals surface area contributed by atoms with E-state index in [0.29, 0.717) is 18.4 Å². The fourth-order valence-corrected chi connectivity index (χ4v) is 3.20. The van der Waals surface area contributed by atoms with Crippen LogP contribution in [0.25, 0.3) is 0 Å². The Bertz CT molecular complexity index is 375. The average molecular weight is 266 g/mol. The number of hydrogen-bond donors (Lipinski definition) is 1. The maximum Gasteiger partial charge on any atom is 0.228 e. The van der Waals surface area contributed by atoms with Crippen molar-refractivity contribution in [1.29, 1.82) is 0 Å². The second kappa shape index (κ2) is 6.34. The highest BCUT2D eigenvalue weighted by atomic mass is 32.1. The molecule has 1 amide bonds. The molecule has 1 aromatic heterocycles. The molecule has 1 atom stereocenters. The Morgan fingerprint density at radius 2 is 2.44 bits per heavy atom. The lowest BCUT2D eigenvalue weighted by Crippen LogP contribution is -2.54. The van der Waals surface area contributed by atoms with Crippen molar-refractivity contribution in [2.75, 3.05) is 19.6 Å². The highest BCUT2D eigenvalue weighted by Gasteiger charge is 2.26. The largest absolute Gasteiger partial charge is 0.337 e. The normalized spacial score (nSPS) is 20.4. The lowest BCUT2D eigenvalue weighted by atomic mass is 10.0. The summed E-state index contributed by atoms with van der Waals surface area (Å²) in [5.74, 6) is 0.913. The van der Waals surface area contributed by atoms with E-state index in [4.69, 9.17) is 0 Å². The second-order valence-corrected chi connectivity index (χ2v) is 6.36. The van der Waals surface area contributed by atoms with Crippen LogP contribution in [0.15, 0.2) is 17.5 Å². The van der Waals surface area contributed by atoms with Crippen molar-refractivity contribution in [3.8, 4) is 0 Å². The summed E-state index contributed by atoms with van der Waals surface area (Å²) in [6, 6.07) is 4.42. The van der Waals surface area contributed by atoms with Crippen molar-refractivity contribution in [2.45, 2.75) is 32.7 Å². The third-order valence-electron chi connectivity index (χ3n) is 3.32. The van der Waals surface area contributed by atoms with Crippen LogP contribution < -0.4 is 5.32 Å². The van der Waals surface area contributed by atoms with E-state index in [9.17, 15) is 4.79 Å². The highest BCUT2D eigenvalue weighted by Crippen LogP contribution is 2.17. The molecule has 1 saturated heterocycles. The van der Waals surface area contributed by atoms with Crippen LogP contribution in [0, 0.1) is 5.92 Å². The number of thiophene rings is 1. The SMILES string of the molecule is CC(C)CC1CNCCN1C(=O)Cc1cccs1. The molecule has 1 aliphatic rings. The predicted molar refractivity (Wildman–Crippen MR) is 75.8 cm³/mol. The maximum atomic E-state index is 12.4. The van der Waals surface area contributed by atoms with Gasteiger partial charge in [-0.15, -0.1) is 11.3 Å². The van der Waals surface area contributed by atoms with E-state index in [1.165, 1.54) is 4.88 Å². The van der Waals surface area contributed by atoms with Crippen LogP contribution in [-0.2, 0) is 11.2 Å². The monoisotopic (exact) mass is 266 g/mol. The summed E-state index contributed by atoms with van der Waals surface area (Å²) in [7, 11) is 0. The topological polar surface area (TPSA) is 32.3 Å². The molecule has 100 valence electrons. The summed E-state index contributed by atoms with van der Waals surface area (Å²) < 4.78 is 0. The van der Waals surface area contributed by atoms with Crippen LogP contribution in [0.1, 0.15) is 25.1 Å². The van der Waals surface area contributed by atoms with Gasteiger partial charge in [-0.2, -0.15) is 0 Å². The van der Waals surface area contributed by atoms with Crippen molar-refractivity contribution >= 4 is 17.2 Å². The van der Waals surface area contributed by atoms with Gasteiger partial charge in [0.2, 0.25) is 5.91 Å². The van der Waals surface area contributed by atoms with Gasteiger partial charge >= 0.3 is 0 Å². The molecule has 1 aliphatic heterocycles. The van der Waals surface area contributed by atoms with Crippen molar-refractivity contribution in [3.05, 3.63) is 22.4 Å². The standard InChI is InChI=1S/C14H22N2OS/c1-11(2)8-12-10-15-5-6-16(12)14(17)9-13-4-3-7-18-13/h3-4,7,11-12,15H,5-6,8-10H2,1-2H3. The van der Waals surface area contributed by atoms with Gasteiger partial charge in [0.25, 0.3) is 0 Å². The van der Waals surface area contributed by atoms with Crippen molar-refractivity contribution in [1.82, 2.24) is 10.2 Å². The van der Waals surface area contributed by atoms with E-state index in [1.54, 1.807) is 11.3 Å². The molecule has 1 unspecified atom stereocenters. The highest BCUT2D eigenvalue weighted by molar-refractivity contribution is 7.10. The van der Waals surface area contributed by atoms with E-state index in [1.807, 2.05) is 17.5 Å². The summed E-state index contributed by atoms with van der Waals surface area (Å²) in [4.78, 5) is 15.6. The molecule has 0 aromatic carbocycles. The van der Waals surface area contributed by atoms with Gasteiger partial charge in [-0.05, 0) is 23.8 Å².